The molecule has 0 fully saturated rings. The van der Waals surface area contributed by atoms with Crippen molar-refractivity contribution in [1.82, 2.24) is 5.32 Å². The Bertz CT molecular complexity index is 1150. The largest absolute Gasteiger partial charge is 0.486 e. The number of hydrogen-bond donors (Lipinski definition) is 2. The topological polar surface area (TPSA) is 114 Å². The van der Waals surface area contributed by atoms with Gasteiger partial charge >= 0.3 is 6.09 Å². The number of ether oxygens (including phenoxy) is 2. The number of amides is 2. The first-order valence-electron chi connectivity index (χ1n) is 10.2. The molecule has 0 bridgehead atoms. The third-order valence-electron chi connectivity index (χ3n) is 4.63. The molecule has 2 N–H and O–H groups in total. The summed E-state index contributed by atoms with van der Waals surface area (Å²) in [6, 6.07) is 8.91. The van der Waals surface area contributed by atoms with E-state index in [2.05, 4.69) is 10.6 Å². The van der Waals surface area contributed by atoms with Crippen molar-refractivity contribution in [3.05, 3.63) is 48.3 Å². The highest BCUT2D eigenvalue weighted by atomic mass is 32.2. The quantitative estimate of drug-likeness (QED) is 0.681. The molecule has 2 amide bonds. The van der Waals surface area contributed by atoms with Crippen molar-refractivity contribution in [2.45, 2.75) is 43.8 Å². The number of hydrogen-bond acceptors (Lipinski definition) is 6. The van der Waals surface area contributed by atoms with Crippen LogP contribution in [-0.2, 0) is 19.6 Å². The smallest absolute Gasteiger partial charge is 0.412 e. The lowest BCUT2D eigenvalue weighted by Gasteiger charge is -2.35. The van der Waals surface area contributed by atoms with E-state index in [1.165, 1.54) is 25.2 Å². The fourth-order valence-corrected chi connectivity index (χ4v) is 4.69. The summed E-state index contributed by atoms with van der Waals surface area (Å²) in [5, 5.41) is 5.06. The van der Waals surface area contributed by atoms with E-state index in [4.69, 9.17) is 9.47 Å². The highest BCUT2D eigenvalue weighted by Crippen LogP contribution is 2.39. The normalized spacial score (nSPS) is 15.8. The molecule has 2 aromatic rings. The van der Waals surface area contributed by atoms with Crippen molar-refractivity contribution in [2.24, 2.45) is 0 Å². The second-order valence-corrected chi connectivity index (χ2v) is 10.3. The minimum atomic E-state index is -4.13. The first-order chi connectivity index (χ1) is 15.4. The highest BCUT2D eigenvalue weighted by molar-refractivity contribution is 7.92. The van der Waals surface area contributed by atoms with Crippen molar-refractivity contribution in [2.75, 3.05) is 23.2 Å². The maximum Gasteiger partial charge on any atom is 0.412 e. The number of halogens is 1. The molecule has 1 aliphatic rings. The summed E-state index contributed by atoms with van der Waals surface area (Å²) in [5.74, 6) is -0.668. The maximum atomic E-state index is 13.4. The number of nitrogens with one attached hydrogen (secondary N) is 2. The van der Waals surface area contributed by atoms with Crippen LogP contribution in [0.3, 0.4) is 0 Å². The first kappa shape index (κ1) is 24.3. The molecule has 9 nitrogen and oxygen atoms in total. The Balaban J connectivity index is 1.99. The second kappa shape index (κ2) is 9.26. The van der Waals surface area contributed by atoms with Crippen LogP contribution in [0, 0.1) is 5.82 Å². The standard InChI is InChI=1S/C22H26FN3O6S/c1-22(2,3)32-21(28)25-15-7-10-19-18(11-15)26(13-16(31-19)12-20(27)24-4)33(29,30)17-8-5-14(23)6-9-17/h5-11,16H,12-13H2,1-4H3,(H,24,27)(H,25,28). The van der Waals surface area contributed by atoms with Gasteiger partial charge in [-0.05, 0) is 63.2 Å². The van der Waals surface area contributed by atoms with Gasteiger partial charge in [0.2, 0.25) is 5.91 Å². The van der Waals surface area contributed by atoms with Crippen LogP contribution in [0.2, 0.25) is 0 Å². The van der Waals surface area contributed by atoms with Crippen LogP contribution in [0.5, 0.6) is 5.75 Å². The summed E-state index contributed by atoms with van der Waals surface area (Å²) in [6.07, 6.45) is -1.52. The molecule has 1 unspecified atom stereocenters. The van der Waals surface area contributed by atoms with Crippen LogP contribution in [0.4, 0.5) is 20.6 Å². The molecular formula is C22H26FN3O6S. The van der Waals surface area contributed by atoms with Crippen LogP contribution in [0.15, 0.2) is 47.4 Å². The van der Waals surface area contributed by atoms with Gasteiger partial charge in [-0.3, -0.25) is 14.4 Å². The van der Waals surface area contributed by atoms with E-state index < -0.39 is 33.6 Å². The fraction of sp³-hybridized carbons (Fsp3) is 0.364. The summed E-state index contributed by atoms with van der Waals surface area (Å²) in [5.41, 5.74) is -0.261. The van der Waals surface area contributed by atoms with E-state index >= 15 is 0 Å². The Kier molecular flexibility index (Phi) is 6.82. The zero-order valence-corrected chi connectivity index (χ0v) is 19.5. The molecule has 0 saturated carbocycles. The SMILES string of the molecule is CNC(=O)CC1CN(S(=O)(=O)c2ccc(F)cc2)c2cc(NC(=O)OC(C)(C)C)ccc2O1. The van der Waals surface area contributed by atoms with Gasteiger partial charge in [-0.2, -0.15) is 0 Å². The molecule has 33 heavy (non-hydrogen) atoms. The Morgan fingerprint density at radius 1 is 1.18 bits per heavy atom. The molecule has 1 aliphatic heterocycles. The summed E-state index contributed by atoms with van der Waals surface area (Å²) in [6.45, 7) is 5.00. The average molecular weight is 480 g/mol. The average Bonchev–Trinajstić information content (AvgIpc) is 2.72. The van der Waals surface area contributed by atoms with Crippen molar-refractivity contribution in [3.8, 4) is 5.75 Å². The molecule has 1 atom stereocenters. The molecule has 0 aliphatic carbocycles. The number of anilines is 2. The van der Waals surface area contributed by atoms with Crippen molar-refractivity contribution in [3.63, 3.8) is 0 Å². The lowest BCUT2D eigenvalue weighted by atomic mass is 10.1. The van der Waals surface area contributed by atoms with E-state index in [0.29, 0.717) is 0 Å². The number of rotatable bonds is 5. The Hall–Kier alpha value is -3.34. The molecule has 3 rings (SSSR count). The molecule has 0 saturated heterocycles. The summed E-state index contributed by atoms with van der Waals surface area (Å²) < 4.78 is 52.4. The summed E-state index contributed by atoms with van der Waals surface area (Å²) in [4.78, 5) is 23.9. The zero-order chi connectivity index (χ0) is 24.4. The van der Waals surface area contributed by atoms with Crippen LogP contribution < -0.4 is 19.7 Å². The Morgan fingerprint density at radius 2 is 1.85 bits per heavy atom. The second-order valence-electron chi connectivity index (χ2n) is 8.42. The number of nitrogens with zero attached hydrogens (tertiary/aromatic N) is 1. The third-order valence-corrected chi connectivity index (χ3v) is 6.42. The number of fused-ring (bicyclic) bond motifs is 1. The van der Waals surface area contributed by atoms with E-state index in [9.17, 15) is 22.4 Å². The van der Waals surface area contributed by atoms with Gasteiger partial charge in [-0.15, -0.1) is 0 Å². The Morgan fingerprint density at radius 3 is 2.45 bits per heavy atom. The van der Waals surface area contributed by atoms with Crippen LogP contribution in [0.1, 0.15) is 27.2 Å². The van der Waals surface area contributed by atoms with Crippen molar-refractivity contribution in [1.29, 1.82) is 0 Å². The molecular weight excluding hydrogens is 453 g/mol. The van der Waals surface area contributed by atoms with E-state index in [1.807, 2.05) is 0 Å². The molecule has 0 aromatic heterocycles. The van der Waals surface area contributed by atoms with Gasteiger partial charge in [-0.25, -0.2) is 17.6 Å². The minimum absolute atomic E-state index is 0.0662. The molecule has 2 aromatic carbocycles. The van der Waals surface area contributed by atoms with Crippen LogP contribution in [0.25, 0.3) is 0 Å². The number of benzene rings is 2. The van der Waals surface area contributed by atoms with E-state index in [0.717, 1.165) is 28.6 Å². The summed E-state index contributed by atoms with van der Waals surface area (Å²) in [7, 11) is -2.66. The third kappa shape index (κ3) is 5.92. The summed E-state index contributed by atoms with van der Waals surface area (Å²) >= 11 is 0. The van der Waals surface area contributed by atoms with Gasteiger partial charge in [0, 0.05) is 12.7 Å². The molecule has 1 heterocycles. The lowest BCUT2D eigenvalue weighted by molar-refractivity contribution is -0.122. The maximum absolute atomic E-state index is 13.4. The molecule has 0 radical (unpaired) electrons. The molecule has 11 heteroatoms. The lowest BCUT2D eigenvalue weighted by Crippen LogP contribution is -2.45. The van der Waals surface area contributed by atoms with Crippen molar-refractivity contribution >= 4 is 33.4 Å². The van der Waals surface area contributed by atoms with Crippen LogP contribution in [-0.4, -0.2) is 45.7 Å². The van der Waals surface area contributed by atoms with E-state index in [1.54, 1.807) is 20.8 Å². The van der Waals surface area contributed by atoms with Gasteiger partial charge < -0.3 is 14.8 Å². The van der Waals surface area contributed by atoms with Gasteiger partial charge in [0.05, 0.1) is 23.5 Å². The minimum Gasteiger partial charge on any atom is -0.486 e. The van der Waals surface area contributed by atoms with Gasteiger partial charge in [0.25, 0.3) is 10.0 Å². The van der Waals surface area contributed by atoms with E-state index in [-0.39, 0.29) is 40.9 Å². The van der Waals surface area contributed by atoms with Gasteiger partial charge in [0.15, 0.2) is 0 Å². The zero-order valence-electron chi connectivity index (χ0n) is 18.7. The highest BCUT2D eigenvalue weighted by Gasteiger charge is 2.35. The predicted octanol–water partition coefficient (Wildman–Crippen LogP) is 3.27. The van der Waals surface area contributed by atoms with Crippen LogP contribution >= 0.6 is 0 Å². The number of carbonyl (C=O) groups is 2. The molecule has 0 spiro atoms. The predicted molar refractivity (Wildman–Crippen MR) is 120 cm³/mol. The van der Waals surface area contributed by atoms with Crippen molar-refractivity contribution < 1.29 is 31.9 Å². The number of carbonyl (C=O) groups excluding carboxylic acids is 2. The van der Waals surface area contributed by atoms with Gasteiger partial charge in [-0.1, -0.05) is 0 Å². The number of sulfonamides is 1. The first-order valence-corrected chi connectivity index (χ1v) is 11.6. The fourth-order valence-electron chi connectivity index (χ4n) is 3.19. The Labute approximate surface area is 191 Å². The monoisotopic (exact) mass is 479 g/mol. The van der Waals surface area contributed by atoms with Gasteiger partial charge in [0.1, 0.15) is 23.3 Å². The molecule has 178 valence electrons.